The van der Waals surface area contributed by atoms with Crippen molar-refractivity contribution in [3.8, 4) is 0 Å². The van der Waals surface area contributed by atoms with Gasteiger partial charge in [0.2, 0.25) is 13.3 Å². The quantitative estimate of drug-likeness (QED) is 0.504. The van der Waals surface area contributed by atoms with E-state index >= 15 is 0 Å². The van der Waals surface area contributed by atoms with Crippen LogP contribution in [0.3, 0.4) is 0 Å². The molecule has 142 valence electrons. The fourth-order valence-corrected chi connectivity index (χ4v) is 4.90. The highest BCUT2D eigenvalue weighted by Crippen LogP contribution is 2.46. The largest absolute Gasteiger partial charge is 0.343 e. The summed E-state index contributed by atoms with van der Waals surface area (Å²) in [6.45, 7) is 9.88. The minimum Gasteiger partial charge on any atom is -0.343 e. The molecule has 2 unspecified atom stereocenters. The number of carbonyl (C=O) groups is 1. The number of carbonyl (C=O) groups excluding carboxylic acids is 1. The Morgan fingerprint density at radius 1 is 1.12 bits per heavy atom. The molecule has 0 spiro atoms. The van der Waals surface area contributed by atoms with Crippen molar-refractivity contribution in [2.24, 2.45) is 5.92 Å². The summed E-state index contributed by atoms with van der Waals surface area (Å²) in [6, 6.07) is 9.20. The number of hydrogen-bond donors (Lipinski definition) is 0. The zero-order valence-corrected chi connectivity index (χ0v) is 17.1. The lowest BCUT2D eigenvalue weighted by Crippen LogP contribution is -2.34. The number of hydrogen-bond acceptors (Lipinski definition) is 3. The predicted molar refractivity (Wildman–Crippen MR) is 106 cm³/mol. The monoisotopic (exact) mass is 367 g/mol. The van der Waals surface area contributed by atoms with E-state index in [-0.39, 0.29) is 12.1 Å². The minimum atomic E-state index is -3.20. The van der Waals surface area contributed by atoms with Crippen LogP contribution in [0, 0.1) is 5.92 Å². The molecule has 5 heteroatoms. The van der Waals surface area contributed by atoms with Gasteiger partial charge in [-0.2, -0.15) is 0 Å². The maximum atomic E-state index is 13.6. The molecule has 0 aromatic heterocycles. The number of benzene rings is 1. The van der Waals surface area contributed by atoms with Gasteiger partial charge in [-0.3, -0.25) is 9.36 Å². The highest BCUT2D eigenvalue weighted by Gasteiger charge is 2.31. The van der Waals surface area contributed by atoms with E-state index in [9.17, 15) is 9.36 Å². The molecule has 1 amide bonds. The fourth-order valence-electron chi connectivity index (χ4n) is 2.84. The van der Waals surface area contributed by atoms with E-state index in [1.165, 1.54) is 0 Å². The normalized spacial score (nSPS) is 14.7. The second-order valence-corrected chi connectivity index (χ2v) is 8.88. The van der Waals surface area contributed by atoms with Crippen molar-refractivity contribution in [2.45, 2.75) is 53.4 Å². The van der Waals surface area contributed by atoms with Crippen LogP contribution in [0.2, 0.25) is 0 Å². The standard InChI is InChI=1S/C20H34NO3P/c1-5-9-13-18(6-2)16-24-25(23,19-14-11-10-12-15-19)17-20(22)21(7-3)8-4/h10-12,14-15,18H,5-9,13,16-17H2,1-4H3. The molecule has 2 atom stereocenters. The lowest BCUT2D eigenvalue weighted by Gasteiger charge is -2.25. The molecule has 4 nitrogen and oxygen atoms in total. The van der Waals surface area contributed by atoms with Crippen molar-refractivity contribution < 1.29 is 13.9 Å². The molecule has 1 aromatic rings. The molecule has 0 aliphatic carbocycles. The van der Waals surface area contributed by atoms with Gasteiger partial charge in [0, 0.05) is 18.4 Å². The zero-order valence-electron chi connectivity index (χ0n) is 16.2. The third-order valence-corrected chi connectivity index (χ3v) is 7.01. The third-order valence-electron chi connectivity index (χ3n) is 4.67. The Labute approximate surface area is 153 Å². The molecule has 0 aliphatic heterocycles. The summed E-state index contributed by atoms with van der Waals surface area (Å²) in [5, 5.41) is 0.640. The smallest absolute Gasteiger partial charge is 0.241 e. The van der Waals surface area contributed by atoms with Crippen LogP contribution in [0.4, 0.5) is 0 Å². The third kappa shape index (κ3) is 6.95. The van der Waals surface area contributed by atoms with Crippen LogP contribution < -0.4 is 5.30 Å². The van der Waals surface area contributed by atoms with Crippen LogP contribution in [0.15, 0.2) is 30.3 Å². The van der Waals surface area contributed by atoms with Crippen LogP contribution in [-0.2, 0) is 13.9 Å². The molecule has 0 saturated heterocycles. The Bertz CT molecular complexity index is 543. The van der Waals surface area contributed by atoms with E-state index in [1.54, 1.807) is 4.90 Å². The summed E-state index contributed by atoms with van der Waals surface area (Å²) in [4.78, 5) is 14.3. The number of unbranched alkanes of at least 4 members (excludes halogenated alkanes) is 1. The van der Waals surface area contributed by atoms with E-state index in [0.717, 1.165) is 25.7 Å². The van der Waals surface area contributed by atoms with E-state index in [0.29, 0.717) is 30.9 Å². The highest BCUT2D eigenvalue weighted by molar-refractivity contribution is 7.67. The van der Waals surface area contributed by atoms with Gasteiger partial charge in [-0.1, -0.05) is 51.3 Å². The number of nitrogens with zero attached hydrogens (tertiary/aromatic N) is 1. The Hall–Kier alpha value is -1.12. The van der Waals surface area contributed by atoms with Crippen LogP contribution in [-0.4, -0.2) is 36.7 Å². The van der Waals surface area contributed by atoms with E-state index < -0.39 is 7.37 Å². The molecule has 1 rings (SSSR count). The van der Waals surface area contributed by atoms with Gasteiger partial charge in [0.15, 0.2) is 0 Å². The summed E-state index contributed by atoms with van der Waals surface area (Å²) >= 11 is 0. The summed E-state index contributed by atoms with van der Waals surface area (Å²) in [7, 11) is -3.20. The maximum Gasteiger partial charge on any atom is 0.241 e. The average molecular weight is 367 g/mol. The molecular formula is C20H34NO3P. The molecule has 0 radical (unpaired) electrons. The van der Waals surface area contributed by atoms with Gasteiger partial charge in [0.05, 0.1) is 6.61 Å². The van der Waals surface area contributed by atoms with E-state index in [2.05, 4.69) is 13.8 Å². The van der Waals surface area contributed by atoms with Crippen molar-refractivity contribution in [2.75, 3.05) is 25.9 Å². The van der Waals surface area contributed by atoms with Crippen molar-refractivity contribution >= 4 is 18.6 Å². The second-order valence-electron chi connectivity index (χ2n) is 6.45. The molecule has 25 heavy (non-hydrogen) atoms. The maximum absolute atomic E-state index is 13.6. The van der Waals surface area contributed by atoms with Crippen molar-refractivity contribution in [3.63, 3.8) is 0 Å². The average Bonchev–Trinajstić information content (AvgIpc) is 2.63. The summed E-state index contributed by atoms with van der Waals surface area (Å²) in [5.41, 5.74) is 0. The second kappa shape index (κ2) is 11.5. The van der Waals surface area contributed by atoms with Crippen LogP contribution in [0.1, 0.15) is 53.4 Å². The minimum absolute atomic E-state index is 0.0527. The van der Waals surface area contributed by atoms with Crippen molar-refractivity contribution in [1.29, 1.82) is 0 Å². The highest BCUT2D eigenvalue weighted by atomic mass is 31.2. The van der Waals surface area contributed by atoms with Crippen LogP contribution in [0.25, 0.3) is 0 Å². The topological polar surface area (TPSA) is 46.6 Å². The van der Waals surface area contributed by atoms with Crippen LogP contribution >= 0.6 is 7.37 Å². The zero-order chi connectivity index (χ0) is 18.7. The lowest BCUT2D eigenvalue weighted by molar-refractivity contribution is -0.128. The molecule has 0 saturated carbocycles. The Kier molecular flexibility index (Phi) is 10.1. The Morgan fingerprint density at radius 3 is 2.28 bits per heavy atom. The van der Waals surface area contributed by atoms with Gasteiger partial charge in [0.25, 0.3) is 0 Å². The van der Waals surface area contributed by atoms with Gasteiger partial charge in [-0.25, -0.2) is 0 Å². The van der Waals surface area contributed by atoms with Crippen molar-refractivity contribution in [1.82, 2.24) is 4.90 Å². The molecule has 0 heterocycles. The Balaban J connectivity index is 2.92. The predicted octanol–water partition coefficient (Wildman–Crippen LogP) is 4.69. The Morgan fingerprint density at radius 2 is 1.76 bits per heavy atom. The number of rotatable bonds is 12. The fraction of sp³-hybridized carbons (Fsp3) is 0.650. The molecular weight excluding hydrogens is 333 g/mol. The van der Waals surface area contributed by atoms with E-state index in [4.69, 9.17) is 4.52 Å². The first kappa shape index (κ1) is 21.9. The van der Waals surface area contributed by atoms with Gasteiger partial charge in [0.1, 0.15) is 6.16 Å². The molecule has 0 bridgehead atoms. The van der Waals surface area contributed by atoms with Crippen molar-refractivity contribution in [3.05, 3.63) is 30.3 Å². The lowest BCUT2D eigenvalue weighted by atomic mass is 10.0. The van der Waals surface area contributed by atoms with Gasteiger partial charge >= 0.3 is 0 Å². The molecule has 0 fully saturated rings. The first-order valence-electron chi connectivity index (χ1n) is 9.57. The number of amides is 1. The SMILES string of the molecule is CCCCC(CC)COP(=O)(CC(=O)N(CC)CC)c1ccccc1. The van der Waals surface area contributed by atoms with E-state index in [1.807, 2.05) is 44.2 Å². The van der Waals surface area contributed by atoms with Gasteiger partial charge in [-0.15, -0.1) is 0 Å². The molecule has 0 N–H and O–H groups in total. The molecule has 1 aromatic carbocycles. The first-order chi connectivity index (χ1) is 12.0. The summed E-state index contributed by atoms with van der Waals surface area (Å²) in [5.74, 6) is 0.291. The van der Waals surface area contributed by atoms with Gasteiger partial charge < -0.3 is 9.42 Å². The van der Waals surface area contributed by atoms with Gasteiger partial charge in [-0.05, 0) is 38.3 Å². The van der Waals surface area contributed by atoms with Crippen LogP contribution in [0.5, 0.6) is 0 Å². The summed E-state index contributed by atoms with van der Waals surface area (Å²) in [6.07, 6.45) is 4.32. The molecule has 0 aliphatic rings. The first-order valence-corrected chi connectivity index (χ1v) is 11.4. The summed E-state index contributed by atoms with van der Waals surface area (Å²) < 4.78 is 19.6.